The first kappa shape index (κ1) is 11.0. The van der Waals surface area contributed by atoms with Crippen molar-refractivity contribution < 1.29 is 15.1 Å². The quantitative estimate of drug-likeness (QED) is 0.817. The first-order valence-corrected chi connectivity index (χ1v) is 5.28. The van der Waals surface area contributed by atoms with Crippen molar-refractivity contribution in [3.05, 3.63) is 29.8 Å². The number of aliphatic hydroxyl groups is 1. The molecule has 2 rings (SSSR count). The van der Waals surface area contributed by atoms with Gasteiger partial charge in [0.15, 0.2) is 5.60 Å². The van der Waals surface area contributed by atoms with E-state index >= 15 is 0 Å². The minimum atomic E-state index is -0.474. The average Bonchev–Trinajstić information content (AvgIpc) is 2.63. The van der Waals surface area contributed by atoms with Crippen molar-refractivity contribution >= 4 is 5.71 Å². The molecule has 0 aromatic heterocycles. The van der Waals surface area contributed by atoms with Gasteiger partial charge in [-0.05, 0) is 24.6 Å². The van der Waals surface area contributed by atoms with Gasteiger partial charge in [0, 0.05) is 19.4 Å². The zero-order valence-corrected chi connectivity index (χ0v) is 9.18. The van der Waals surface area contributed by atoms with Gasteiger partial charge in [-0.15, -0.1) is 0 Å². The molecular weight excluding hydrogens is 206 g/mol. The fourth-order valence-corrected chi connectivity index (χ4v) is 1.85. The van der Waals surface area contributed by atoms with Crippen LogP contribution in [0.1, 0.15) is 25.3 Å². The molecule has 1 aliphatic rings. The molecule has 4 nitrogen and oxygen atoms in total. The molecular formula is C12H15NO3. The van der Waals surface area contributed by atoms with Gasteiger partial charge >= 0.3 is 0 Å². The maximum absolute atomic E-state index is 9.22. The second kappa shape index (κ2) is 4.14. The Morgan fingerprint density at radius 1 is 1.38 bits per heavy atom. The molecule has 1 atom stereocenters. The third kappa shape index (κ3) is 2.02. The number of aromatic hydroxyl groups is 1. The largest absolute Gasteiger partial charge is 0.508 e. The van der Waals surface area contributed by atoms with Crippen LogP contribution in [0.2, 0.25) is 0 Å². The lowest BCUT2D eigenvalue weighted by molar-refractivity contribution is -0.00741. The summed E-state index contributed by atoms with van der Waals surface area (Å²) in [7, 11) is 0. The number of oxime groups is 1. The second-order valence-electron chi connectivity index (χ2n) is 4.18. The summed E-state index contributed by atoms with van der Waals surface area (Å²) in [6.07, 6.45) is 1.23. The van der Waals surface area contributed by atoms with Crippen molar-refractivity contribution in [1.29, 1.82) is 0 Å². The van der Waals surface area contributed by atoms with Crippen LogP contribution in [0.4, 0.5) is 0 Å². The van der Waals surface area contributed by atoms with Crippen LogP contribution in [-0.2, 0) is 10.4 Å². The molecule has 1 aromatic carbocycles. The lowest BCUT2D eigenvalue weighted by Crippen LogP contribution is -2.21. The summed E-state index contributed by atoms with van der Waals surface area (Å²) in [5, 5.41) is 22.0. The van der Waals surface area contributed by atoms with Gasteiger partial charge in [0.2, 0.25) is 0 Å². The Morgan fingerprint density at radius 2 is 2.06 bits per heavy atom. The van der Waals surface area contributed by atoms with E-state index in [-0.39, 0.29) is 12.4 Å². The fraction of sp³-hybridized carbons (Fsp3) is 0.417. The molecule has 0 saturated carbocycles. The van der Waals surface area contributed by atoms with Gasteiger partial charge in [0.25, 0.3) is 0 Å². The number of nitrogens with zero attached hydrogens (tertiary/aromatic N) is 1. The van der Waals surface area contributed by atoms with Crippen LogP contribution in [0.15, 0.2) is 29.4 Å². The molecule has 0 aliphatic carbocycles. The Hall–Kier alpha value is -1.55. The van der Waals surface area contributed by atoms with Crippen molar-refractivity contribution in [3.8, 4) is 5.75 Å². The molecule has 1 unspecified atom stereocenters. The number of benzene rings is 1. The van der Waals surface area contributed by atoms with Crippen molar-refractivity contribution in [1.82, 2.24) is 0 Å². The lowest BCUT2D eigenvalue weighted by atomic mass is 9.90. The number of rotatable bonds is 3. The van der Waals surface area contributed by atoms with Gasteiger partial charge in [-0.2, -0.15) is 0 Å². The number of aliphatic hydroxyl groups excluding tert-OH is 1. The Balaban J connectivity index is 2.14. The van der Waals surface area contributed by atoms with Crippen LogP contribution < -0.4 is 0 Å². The molecule has 0 radical (unpaired) electrons. The number of hydrogen-bond acceptors (Lipinski definition) is 4. The Labute approximate surface area is 94.2 Å². The van der Waals surface area contributed by atoms with Crippen LogP contribution in [0.5, 0.6) is 5.75 Å². The molecule has 1 heterocycles. The van der Waals surface area contributed by atoms with Crippen LogP contribution >= 0.6 is 0 Å². The third-order valence-electron chi connectivity index (χ3n) is 2.80. The molecule has 0 fully saturated rings. The number of hydrogen-bond donors (Lipinski definition) is 2. The lowest BCUT2D eigenvalue weighted by Gasteiger charge is -2.21. The van der Waals surface area contributed by atoms with E-state index in [4.69, 9.17) is 9.94 Å². The average molecular weight is 221 g/mol. The van der Waals surface area contributed by atoms with E-state index in [1.54, 1.807) is 12.1 Å². The summed E-state index contributed by atoms with van der Waals surface area (Å²) in [5.74, 6) is 0.238. The van der Waals surface area contributed by atoms with E-state index in [1.165, 1.54) is 0 Å². The van der Waals surface area contributed by atoms with E-state index in [9.17, 15) is 5.11 Å². The number of phenolic OH excluding ortho intramolecular Hbond substituents is 1. The van der Waals surface area contributed by atoms with Crippen molar-refractivity contribution in [2.24, 2.45) is 5.16 Å². The van der Waals surface area contributed by atoms with Gasteiger partial charge in [-0.25, -0.2) is 0 Å². The Kier molecular flexibility index (Phi) is 2.83. The molecule has 1 aliphatic heterocycles. The molecule has 0 spiro atoms. The summed E-state index contributed by atoms with van der Waals surface area (Å²) in [4.78, 5) is 5.43. The van der Waals surface area contributed by atoms with E-state index in [0.717, 1.165) is 11.3 Å². The summed E-state index contributed by atoms with van der Waals surface area (Å²) in [6, 6.07) is 6.92. The Bertz CT molecular complexity index is 399. The topological polar surface area (TPSA) is 62.0 Å². The predicted molar refractivity (Wildman–Crippen MR) is 60.3 cm³/mol. The molecule has 0 bridgehead atoms. The zero-order chi connectivity index (χ0) is 11.6. The molecule has 1 aromatic rings. The molecule has 86 valence electrons. The van der Waals surface area contributed by atoms with E-state index in [0.29, 0.717) is 12.8 Å². The van der Waals surface area contributed by atoms with Crippen molar-refractivity contribution in [3.63, 3.8) is 0 Å². The van der Waals surface area contributed by atoms with Crippen molar-refractivity contribution in [2.75, 3.05) is 6.61 Å². The SMILES string of the molecule is CC1(c2ccc(O)cc2)CC(CCO)=NO1. The highest BCUT2D eigenvalue weighted by molar-refractivity contribution is 5.86. The van der Waals surface area contributed by atoms with Gasteiger partial charge in [0.1, 0.15) is 5.75 Å². The highest BCUT2D eigenvalue weighted by atomic mass is 16.7. The molecule has 2 N–H and O–H groups in total. The third-order valence-corrected chi connectivity index (χ3v) is 2.80. The predicted octanol–water partition coefficient (Wildman–Crippen LogP) is 1.77. The number of phenols is 1. The van der Waals surface area contributed by atoms with E-state index < -0.39 is 5.60 Å². The van der Waals surface area contributed by atoms with E-state index in [1.807, 2.05) is 19.1 Å². The highest BCUT2D eigenvalue weighted by Crippen LogP contribution is 2.35. The molecule has 0 amide bonds. The van der Waals surface area contributed by atoms with Gasteiger partial charge in [0.05, 0.1) is 5.71 Å². The fourth-order valence-electron chi connectivity index (χ4n) is 1.85. The van der Waals surface area contributed by atoms with Crippen LogP contribution in [0, 0.1) is 0 Å². The molecule has 0 saturated heterocycles. The molecule has 4 heteroatoms. The normalized spacial score (nSPS) is 24.0. The van der Waals surface area contributed by atoms with E-state index in [2.05, 4.69) is 5.16 Å². The Morgan fingerprint density at radius 3 is 2.69 bits per heavy atom. The first-order chi connectivity index (χ1) is 7.64. The van der Waals surface area contributed by atoms with Crippen LogP contribution in [0.3, 0.4) is 0 Å². The maximum atomic E-state index is 9.22. The van der Waals surface area contributed by atoms with Crippen molar-refractivity contribution in [2.45, 2.75) is 25.4 Å². The first-order valence-electron chi connectivity index (χ1n) is 5.28. The minimum absolute atomic E-state index is 0.0911. The maximum Gasteiger partial charge on any atom is 0.165 e. The molecule has 16 heavy (non-hydrogen) atoms. The van der Waals surface area contributed by atoms with Crippen LogP contribution in [0.25, 0.3) is 0 Å². The van der Waals surface area contributed by atoms with Gasteiger partial charge < -0.3 is 15.1 Å². The summed E-state index contributed by atoms with van der Waals surface area (Å²) < 4.78 is 0. The van der Waals surface area contributed by atoms with Gasteiger partial charge in [-0.1, -0.05) is 17.3 Å². The minimum Gasteiger partial charge on any atom is -0.508 e. The zero-order valence-electron chi connectivity index (χ0n) is 9.18. The summed E-state index contributed by atoms with van der Waals surface area (Å²) in [6.45, 7) is 2.04. The van der Waals surface area contributed by atoms with Crippen LogP contribution in [-0.4, -0.2) is 22.5 Å². The van der Waals surface area contributed by atoms with Gasteiger partial charge in [-0.3, -0.25) is 0 Å². The highest BCUT2D eigenvalue weighted by Gasteiger charge is 2.35. The standard InChI is InChI=1S/C12H15NO3/c1-12(8-10(6-7-14)13-16-12)9-2-4-11(15)5-3-9/h2-5,14-15H,6-8H2,1H3. The monoisotopic (exact) mass is 221 g/mol. The summed E-state index contributed by atoms with van der Waals surface area (Å²) >= 11 is 0. The summed E-state index contributed by atoms with van der Waals surface area (Å²) in [5.41, 5.74) is 1.37. The smallest absolute Gasteiger partial charge is 0.165 e. The second-order valence-corrected chi connectivity index (χ2v) is 4.18.